The number of hydrogen-bond acceptors (Lipinski definition) is 6. The van der Waals surface area contributed by atoms with Gasteiger partial charge in [0.25, 0.3) is 5.91 Å². The highest BCUT2D eigenvalue weighted by atomic mass is 32.1. The number of carbonyl (C=O) groups is 2. The predicted octanol–water partition coefficient (Wildman–Crippen LogP) is 6.36. The maximum atomic E-state index is 14.0. The number of ketones is 1. The second-order valence-electron chi connectivity index (χ2n) is 9.54. The number of alkyl halides is 4. The van der Waals surface area contributed by atoms with E-state index >= 15 is 0 Å². The Morgan fingerprint density at radius 1 is 1.10 bits per heavy atom. The smallest absolute Gasteiger partial charge is 0.384 e. The third kappa shape index (κ3) is 6.20. The van der Waals surface area contributed by atoms with Crippen LogP contribution in [0.1, 0.15) is 39.2 Å². The molecule has 1 aliphatic rings. The normalized spacial score (nSPS) is 15.8. The first-order valence-corrected chi connectivity index (χ1v) is 13.3. The first-order valence-electron chi connectivity index (χ1n) is 12.5. The van der Waals surface area contributed by atoms with E-state index in [0.717, 1.165) is 17.4 Å². The Labute approximate surface area is 231 Å². The zero-order chi connectivity index (χ0) is 28.4. The molecule has 0 radical (unpaired) electrons. The van der Waals surface area contributed by atoms with Crippen molar-refractivity contribution in [3.63, 3.8) is 0 Å². The fourth-order valence-electron chi connectivity index (χ4n) is 4.50. The fraction of sp³-hybridized carbons (Fsp3) is 0.241. The van der Waals surface area contributed by atoms with Crippen LogP contribution in [0.15, 0.2) is 60.9 Å². The topological polar surface area (TPSA) is 89.2 Å². The lowest BCUT2D eigenvalue weighted by Crippen LogP contribution is -2.29. The number of pyridine rings is 2. The molecule has 1 fully saturated rings. The fourth-order valence-corrected chi connectivity index (χ4v) is 5.67. The number of aromatic nitrogens is 2. The van der Waals surface area contributed by atoms with E-state index < -0.39 is 17.9 Å². The van der Waals surface area contributed by atoms with Crippen LogP contribution in [-0.4, -0.2) is 45.8 Å². The molecule has 40 heavy (non-hydrogen) atoms. The summed E-state index contributed by atoms with van der Waals surface area (Å²) in [7, 11) is 0. The van der Waals surface area contributed by atoms with Crippen molar-refractivity contribution in [1.82, 2.24) is 14.9 Å². The van der Waals surface area contributed by atoms with Gasteiger partial charge in [-0.05, 0) is 78.4 Å². The van der Waals surface area contributed by atoms with E-state index in [2.05, 4.69) is 9.97 Å². The van der Waals surface area contributed by atoms with Crippen LogP contribution in [0.25, 0.3) is 27.4 Å². The van der Waals surface area contributed by atoms with Gasteiger partial charge >= 0.3 is 6.18 Å². The number of allylic oxidation sites excluding steroid dienone is 1. The number of benzene rings is 1. The molecule has 1 atom stereocenters. The number of carbonyl (C=O) groups excluding carboxylic acids is 2. The molecule has 1 saturated heterocycles. The third-order valence-corrected chi connectivity index (χ3v) is 7.83. The second kappa shape index (κ2) is 11.2. The van der Waals surface area contributed by atoms with E-state index in [1.165, 1.54) is 35.5 Å². The van der Waals surface area contributed by atoms with Crippen LogP contribution in [-0.2, 0) is 17.4 Å². The second-order valence-corrected chi connectivity index (χ2v) is 10.7. The third-order valence-electron chi connectivity index (χ3n) is 6.59. The van der Waals surface area contributed by atoms with Gasteiger partial charge in [0.05, 0.1) is 23.4 Å². The Hall–Kier alpha value is -4.12. The summed E-state index contributed by atoms with van der Waals surface area (Å²) in [5, 5.41) is 0.397. The average Bonchev–Trinajstić information content (AvgIpc) is 3.56. The molecule has 0 saturated carbocycles. The van der Waals surface area contributed by atoms with E-state index in [9.17, 15) is 27.2 Å². The summed E-state index contributed by atoms with van der Waals surface area (Å²) in [6.07, 6.45) is 0.929. The van der Waals surface area contributed by atoms with Gasteiger partial charge in [-0.25, -0.2) is 9.37 Å². The van der Waals surface area contributed by atoms with Crippen molar-refractivity contribution in [2.45, 2.75) is 31.6 Å². The Kier molecular flexibility index (Phi) is 7.66. The van der Waals surface area contributed by atoms with Crippen LogP contribution in [0.4, 0.5) is 23.4 Å². The van der Waals surface area contributed by atoms with Gasteiger partial charge in [-0.2, -0.15) is 13.2 Å². The lowest BCUT2D eigenvalue weighted by Gasteiger charge is -2.15. The number of nitrogen functional groups attached to an aromatic ring is 1. The lowest BCUT2D eigenvalue weighted by atomic mass is 10.0. The number of fused-ring (bicyclic) bond motifs is 1. The maximum absolute atomic E-state index is 14.0. The maximum Gasteiger partial charge on any atom is 0.417 e. The Balaban J connectivity index is 1.35. The number of rotatable bonds is 7. The van der Waals surface area contributed by atoms with Crippen molar-refractivity contribution in [3.05, 3.63) is 82.5 Å². The molecule has 4 aromatic rings. The van der Waals surface area contributed by atoms with Crippen molar-refractivity contribution in [2.75, 3.05) is 18.8 Å². The number of halogens is 4. The standard InChI is InChI=1S/C29H24F4N4O2S/c30-21-9-10-37(16-21)28(39)18-3-7-25(35-15-18)19-11-20-12-23(40-27(20)24(13-19)29(31,32)33)6-5-22(38)4-1-17-2-8-26(34)36-14-17/h1-4,7-8,11-15,21H,5-6,9-10,16H2,(H2,34,36)/b4-1+/t21-/m0/s1. The molecule has 0 spiro atoms. The van der Waals surface area contributed by atoms with Crippen LogP contribution < -0.4 is 5.73 Å². The molecule has 1 aliphatic heterocycles. The van der Waals surface area contributed by atoms with E-state index in [-0.39, 0.29) is 52.6 Å². The molecule has 0 unspecified atom stereocenters. The molecule has 1 aromatic carbocycles. The van der Waals surface area contributed by atoms with Crippen LogP contribution in [0.2, 0.25) is 0 Å². The molecule has 3 aromatic heterocycles. The molecule has 1 amide bonds. The molecular formula is C29H24F4N4O2S. The van der Waals surface area contributed by atoms with E-state index in [1.54, 1.807) is 30.3 Å². The molecule has 2 N–H and O–H groups in total. The number of nitrogens with zero attached hydrogens (tertiary/aromatic N) is 3. The zero-order valence-electron chi connectivity index (χ0n) is 21.1. The molecule has 206 valence electrons. The Morgan fingerprint density at radius 2 is 1.93 bits per heavy atom. The highest BCUT2D eigenvalue weighted by Crippen LogP contribution is 2.41. The van der Waals surface area contributed by atoms with E-state index in [4.69, 9.17) is 5.73 Å². The van der Waals surface area contributed by atoms with E-state index in [0.29, 0.717) is 34.6 Å². The van der Waals surface area contributed by atoms with Gasteiger partial charge in [0, 0.05) is 40.5 Å². The van der Waals surface area contributed by atoms with Gasteiger partial charge in [0.15, 0.2) is 5.78 Å². The summed E-state index contributed by atoms with van der Waals surface area (Å²) in [5.41, 5.74) is 6.25. The van der Waals surface area contributed by atoms with Crippen molar-refractivity contribution >= 4 is 45.0 Å². The Morgan fingerprint density at radius 3 is 2.58 bits per heavy atom. The van der Waals surface area contributed by atoms with Gasteiger partial charge in [-0.3, -0.25) is 14.6 Å². The van der Waals surface area contributed by atoms with Gasteiger partial charge in [0.1, 0.15) is 12.0 Å². The number of amides is 1. The SMILES string of the molecule is Nc1ccc(/C=C/C(=O)CCc2cc3cc(-c4ccc(C(=O)N5CC[C@H](F)C5)cn4)cc(C(F)(F)F)c3s2)cn1. The van der Waals surface area contributed by atoms with E-state index in [1.807, 2.05) is 0 Å². The van der Waals surface area contributed by atoms with Gasteiger partial charge in [0.2, 0.25) is 0 Å². The average molecular weight is 569 g/mol. The quantitative estimate of drug-likeness (QED) is 0.207. The van der Waals surface area contributed by atoms with Gasteiger partial charge in [-0.1, -0.05) is 0 Å². The molecular weight excluding hydrogens is 544 g/mol. The number of likely N-dealkylation sites (tertiary alicyclic amines) is 1. The lowest BCUT2D eigenvalue weighted by molar-refractivity contribution is -0.136. The summed E-state index contributed by atoms with van der Waals surface area (Å²) in [6, 6.07) is 10.7. The zero-order valence-corrected chi connectivity index (χ0v) is 21.9. The monoisotopic (exact) mass is 568 g/mol. The molecule has 4 heterocycles. The highest BCUT2D eigenvalue weighted by molar-refractivity contribution is 7.19. The van der Waals surface area contributed by atoms with Crippen LogP contribution in [0, 0.1) is 0 Å². The molecule has 5 rings (SSSR count). The minimum Gasteiger partial charge on any atom is -0.384 e. The summed E-state index contributed by atoms with van der Waals surface area (Å²) < 4.78 is 55.6. The first kappa shape index (κ1) is 27.4. The summed E-state index contributed by atoms with van der Waals surface area (Å²) >= 11 is 1.01. The molecule has 0 bridgehead atoms. The highest BCUT2D eigenvalue weighted by Gasteiger charge is 2.34. The van der Waals surface area contributed by atoms with Crippen LogP contribution >= 0.6 is 11.3 Å². The molecule has 11 heteroatoms. The largest absolute Gasteiger partial charge is 0.417 e. The number of nitrogens with two attached hydrogens (primary N) is 1. The molecule has 0 aliphatic carbocycles. The van der Waals surface area contributed by atoms with Gasteiger partial charge < -0.3 is 10.6 Å². The number of anilines is 1. The molecule has 6 nitrogen and oxygen atoms in total. The minimum absolute atomic E-state index is 0.0225. The van der Waals surface area contributed by atoms with Crippen molar-refractivity contribution < 1.29 is 27.2 Å². The van der Waals surface area contributed by atoms with Gasteiger partial charge in [-0.15, -0.1) is 11.3 Å². The van der Waals surface area contributed by atoms with Crippen LogP contribution in [0.5, 0.6) is 0 Å². The Bertz CT molecular complexity index is 1580. The predicted molar refractivity (Wildman–Crippen MR) is 146 cm³/mol. The summed E-state index contributed by atoms with van der Waals surface area (Å²) in [6.45, 7) is 0.338. The first-order chi connectivity index (χ1) is 19.1. The van der Waals surface area contributed by atoms with Crippen molar-refractivity contribution in [1.29, 1.82) is 0 Å². The number of thiophene rings is 1. The summed E-state index contributed by atoms with van der Waals surface area (Å²) in [4.78, 5) is 35.2. The minimum atomic E-state index is -4.60. The van der Waals surface area contributed by atoms with Crippen molar-refractivity contribution in [2.24, 2.45) is 0 Å². The summed E-state index contributed by atoms with van der Waals surface area (Å²) in [5.74, 6) is -0.157. The van der Waals surface area contributed by atoms with Crippen LogP contribution in [0.3, 0.4) is 0 Å². The number of aryl methyl sites for hydroxylation is 1. The number of hydrogen-bond donors (Lipinski definition) is 1. The van der Waals surface area contributed by atoms with Crippen molar-refractivity contribution in [3.8, 4) is 11.3 Å².